The van der Waals surface area contributed by atoms with Crippen molar-refractivity contribution < 1.29 is 9.90 Å². The smallest absolute Gasteiger partial charge is 0.234 e. The molecule has 0 spiro atoms. The van der Waals surface area contributed by atoms with Gasteiger partial charge in [-0.05, 0) is 38.3 Å². The van der Waals surface area contributed by atoms with Crippen LogP contribution in [-0.2, 0) is 4.79 Å². The van der Waals surface area contributed by atoms with E-state index >= 15 is 0 Å². The van der Waals surface area contributed by atoms with E-state index in [0.29, 0.717) is 18.9 Å². The maximum Gasteiger partial charge on any atom is 0.234 e. The number of aliphatic hydroxyl groups is 1. The predicted molar refractivity (Wildman–Crippen MR) is 78.0 cm³/mol. The quantitative estimate of drug-likeness (QED) is 0.707. The van der Waals surface area contributed by atoms with Crippen molar-refractivity contribution in [2.24, 2.45) is 5.92 Å². The molecule has 4 heteroatoms. The minimum atomic E-state index is 0.104. The highest BCUT2D eigenvalue weighted by molar-refractivity contribution is 5.78. The van der Waals surface area contributed by atoms with Crippen molar-refractivity contribution in [2.45, 2.75) is 58.4 Å². The lowest BCUT2D eigenvalue weighted by molar-refractivity contribution is -0.123. The number of nitrogens with zero attached hydrogens (tertiary/aromatic N) is 1. The van der Waals surface area contributed by atoms with Crippen LogP contribution in [0.3, 0.4) is 0 Å². The Hall–Kier alpha value is -0.610. The number of hydrogen-bond donors (Lipinski definition) is 2. The number of rotatable bonds is 8. The molecule has 1 rings (SSSR count). The summed E-state index contributed by atoms with van der Waals surface area (Å²) in [6, 6.07) is 0.161. The lowest BCUT2D eigenvalue weighted by atomic mass is 9.82. The highest BCUT2D eigenvalue weighted by atomic mass is 16.3. The van der Waals surface area contributed by atoms with Gasteiger partial charge in [-0.2, -0.15) is 0 Å². The van der Waals surface area contributed by atoms with E-state index in [0.717, 1.165) is 13.1 Å². The van der Waals surface area contributed by atoms with Gasteiger partial charge in [-0.15, -0.1) is 0 Å². The first-order chi connectivity index (χ1) is 9.21. The Morgan fingerprint density at radius 1 is 1.26 bits per heavy atom. The number of carbonyl (C=O) groups excluding carboxylic acids is 1. The molecule has 0 aromatic rings. The summed E-state index contributed by atoms with van der Waals surface area (Å²) in [4.78, 5) is 14.2. The molecular weight excluding hydrogens is 240 g/mol. The number of aliphatic hydroxyl groups excluding tert-OH is 1. The van der Waals surface area contributed by atoms with Crippen molar-refractivity contribution in [2.75, 3.05) is 26.2 Å². The second-order valence-corrected chi connectivity index (χ2v) is 5.55. The van der Waals surface area contributed by atoms with E-state index in [4.69, 9.17) is 0 Å². The van der Waals surface area contributed by atoms with Crippen molar-refractivity contribution >= 4 is 5.91 Å². The number of nitrogens with one attached hydrogen (secondary N) is 1. The summed E-state index contributed by atoms with van der Waals surface area (Å²) < 4.78 is 0. The molecule has 0 aromatic heterocycles. The molecule has 0 heterocycles. The van der Waals surface area contributed by atoms with Gasteiger partial charge < -0.3 is 10.4 Å². The van der Waals surface area contributed by atoms with Crippen LogP contribution >= 0.6 is 0 Å². The molecule has 1 saturated carbocycles. The standard InChI is InChI=1S/C15H30N2O2/c1-3-17(4-2)12-15(19)16-14(10-11-18)13-8-6-5-7-9-13/h13-14,18H,3-12H2,1-2H3,(H,16,19). The fraction of sp³-hybridized carbons (Fsp3) is 0.933. The molecule has 1 amide bonds. The Bertz CT molecular complexity index is 249. The molecule has 0 aromatic carbocycles. The number of likely N-dealkylation sites (N-methyl/N-ethyl adjacent to an activating group) is 1. The molecule has 1 atom stereocenters. The predicted octanol–water partition coefficient (Wildman–Crippen LogP) is 1.78. The normalized spacial score (nSPS) is 18.5. The number of hydrogen-bond acceptors (Lipinski definition) is 3. The van der Waals surface area contributed by atoms with Crippen LogP contribution in [0.5, 0.6) is 0 Å². The molecule has 19 heavy (non-hydrogen) atoms. The van der Waals surface area contributed by atoms with E-state index < -0.39 is 0 Å². The van der Waals surface area contributed by atoms with E-state index in [1.165, 1.54) is 32.1 Å². The third kappa shape index (κ3) is 5.91. The van der Waals surface area contributed by atoms with E-state index in [2.05, 4.69) is 24.1 Å². The number of amides is 1. The maximum atomic E-state index is 12.1. The second-order valence-electron chi connectivity index (χ2n) is 5.55. The molecule has 0 bridgehead atoms. The molecule has 2 N–H and O–H groups in total. The maximum absolute atomic E-state index is 12.1. The molecule has 1 fully saturated rings. The summed E-state index contributed by atoms with van der Waals surface area (Å²) in [6.45, 7) is 6.58. The fourth-order valence-corrected chi connectivity index (χ4v) is 3.00. The first-order valence-electron chi connectivity index (χ1n) is 7.83. The highest BCUT2D eigenvalue weighted by Crippen LogP contribution is 2.27. The van der Waals surface area contributed by atoms with Gasteiger partial charge in [0.15, 0.2) is 0 Å². The van der Waals surface area contributed by atoms with Crippen LogP contribution in [0.1, 0.15) is 52.4 Å². The number of carbonyl (C=O) groups is 1. The minimum absolute atomic E-state index is 0.104. The van der Waals surface area contributed by atoms with Gasteiger partial charge in [0.2, 0.25) is 5.91 Å². The monoisotopic (exact) mass is 270 g/mol. The van der Waals surface area contributed by atoms with E-state index in [1.807, 2.05) is 0 Å². The molecule has 1 aliphatic carbocycles. The first-order valence-corrected chi connectivity index (χ1v) is 7.83. The highest BCUT2D eigenvalue weighted by Gasteiger charge is 2.24. The Kier molecular flexibility index (Phi) is 8.07. The zero-order valence-electron chi connectivity index (χ0n) is 12.5. The largest absolute Gasteiger partial charge is 0.396 e. The fourth-order valence-electron chi connectivity index (χ4n) is 3.00. The lowest BCUT2D eigenvalue weighted by Crippen LogP contribution is -2.46. The molecule has 1 unspecified atom stereocenters. The van der Waals surface area contributed by atoms with Gasteiger partial charge in [-0.3, -0.25) is 9.69 Å². The van der Waals surface area contributed by atoms with E-state index in [9.17, 15) is 9.90 Å². The van der Waals surface area contributed by atoms with Gasteiger partial charge in [0, 0.05) is 12.6 Å². The van der Waals surface area contributed by atoms with Crippen LogP contribution in [0.2, 0.25) is 0 Å². The summed E-state index contributed by atoms with van der Waals surface area (Å²) in [5, 5.41) is 12.3. The zero-order valence-corrected chi connectivity index (χ0v) is 12.5. The van der Waals surface area contributed by atoms with Gasteiger partial charge >= 0.3 is 0 Å². The topological polar surface area (TPSA) is 52.6 Å². The summed E-state index contributed by atoms with van der Waals surface area (Å²) in [5.74, 6) is 0.661. The average Bonchev–Trinajstić information content (AvgIpc) is 2.45. The third-order valence-electron chi connectivity index (χ3n) is 4.27. The van der Waals surface area contributed by atoms with Gasteiger partial charge in [0.25, 0.3) is 0 Å². The van der Waals surface area contributed by atoms with Crippen LogP contribution < -0.4 is 5.32 Å². The summed E-state index contributed by atoms with van der Waals surface area (Å²) in [5.41, 5.74) is 0. The van der Waals surface area contributed by atoms with E-state index in [1.54, 1.807) is 0 Å². The molecule has 112 valence electrons. The van der Waals surface area contributed by atoms with Crippen LogP contribution in [0, 0.1) is 5.92 Å². The Morgan fingerprint density at radius 2 is 1.89 bits per heavy atom. The third-order valence-corrected chi connectivity index (χ3v) is 4.27. The Balaban J connectivity index is 2.44. The molecule has 4 nitrogen and oxygen atoms in total. The van der Waals surface area contributed by atoms with Gasteiger partial charge in [0.05, 0.1) is 6.54 Å². The molecule has 1 aliphatic rings. The van der Waals surface area contributed by atoms with Crippen LogP contribution in [-0.4, -0.2) is 48.2 Å². The molecule has 0 aliphatic heterocycles. The summed E-state index contributed by atoms with van der Waals surface area (Å²) in [6.07, 6.45) is 6.91. The van der Waals surface area contributed by atoms with Crippen molar-refractivity contribution in [1.82, 2.24) is 10.2 Å². The lowest BCUT2D eigenvalue weighted by Gasteiger charge is -2.31. The van der Waals surface area contributed by atoms with E-state index in [-0.39, 0.29) is 18.6 Å². The second kappa shape index (κ2) is 9.32. The van der Waals surface area contributed by atoms with Gasteiger partial charge in [-0.1, -0.05) is 33.1 Å². The van der Waals surface area contributed by atoms with Gasteiger partial charge in [0.1, 0.15) is 0 Å². The molecular formula is C15H30N2O2. The molecule has 0 radical (unpaired) electrons. The van der Waals surface area contributed by atoms with Crippen molar-refractivity contribution in [3.8, 4) is 0 Å². The van der Waals surface area contributed by atoms with Crippen LogP contribution in [0.25, 0.3) is 0 Å². The first kappa shape index (κ1) is 16.4. The molecule has 0 saturated heterocycles. The van der Waals surface area contributed by atoms with Crippen molar-refractivity contribution in [3.63, 3.8) is 0 Å². The summed E-state index contributed by atoms with van der Waals surface area (Å²) in [7, 11) is 0. The minimum Gasteiger partial charge on any atom is -0.396 e. The van der Waals surface area contributed by atoms with Gasteiger partial charge in [-0.25, -0.2) is 0 Å². The Labute approximate surface area is 117 Å². The van der Waals surface area contributed by atoms with Crippen LogP contribution in [0.15, 0.2) is 0 Å². The SMILES string of the molecule is CCN(CC)CC(=O)NC(CCO)C1CCCCC1. The zero-order chi connectivity index (χ0) is 14.1. The Morgan fingerprint density at radius 3 is 2.42 bits per heavy atom. The average molecular weight is 270 g/mol. The van der Waals surface area contributed by atoms with Crippen molar-refractivity contribution in [3.05, 3.63) is 0 Å². The van der Waals surface area contributed by atoms with Crippen LogP contribution in [0.4, 0.5) is 0 Å². The summed E-state index contributed by atoms with van der Waals surface area (Å²) >= 11 is 0. The van der Waals surface area contributed by atoms with Crippen molar-refractivity contribution in [1.29, 1.82) is 0 Å².